The standard InChI is InChI=1S/C20H14F3N5O2/c1-12(29)25-14-9-7-13(8-10-14)18-26-19(30-27-18)16-11-24-28(17(16)20(21,22)23)15-5-3-2-4-6-15/h2-11H,1H3,(H,25,29). The fraction of sp³-hybridized carbons (Fsp3) is 0.100. The second-order valence-electron chi connectivity index (χ2n) is 6.33. The van der Waals surface area contributed by atoms with E-state index in [0.29, 0.717) is 11.3 Å². The number of anilines is 1. The highest BCUT2D eigenvalue weighted by atomic mass is 19.4. The monoisotopic (exact) mass is 413 g/mol. The van der Waals surface area contributed by atoms with Gasteiger partial charge >= 0.3 is 6.18 Å². The van der Waals surface area contributed by atoms with Crippen LogP contribution in [0.5, 0.6) is 0 Å². The van der Waals surface area contributed by atoms with Crippen LogP contribution in [-0.4, -0.2) is 25.8 Å². The van der Waals surface area contributed by atoms with Gasteiger partial charge in [-0.25, -0.2) is 4.68 Å². The van der Waals surface area contributed by atoms with Crippen molar-refractivity contribution in [1.29, 1.82) is 0 Å². The molecule has 2 aromatic heterocycles. The van der Waals surface area contributed by atoms with E-state index in [9.17, 15) is 18.0 Å². The van der Waals surface area contributed by atoms with E-state index in [1.54, 1.807) is 42.5 Å². The van der Waals surface area contributed by atoms with Crippen molar-refractivity contribution in [3.63, 3.8) is 0 Å². The number of nitrogens with one attached hydrogen (secondary N) is 1. The molecule has 0 aliphatic carbocycles. The van der Waals surface area contributed by atoms with Gasteiger partial charge in [0.2, 0.25) is 11.7 Å². The lowest BCUT2D eigenvalue weighted by Crippen LogP contribution is -2.14. The minimum Gasteiger partial charge on any atom is -0.333 e. The molecule has 30 heavy (non-hydrogen) atoms. The Morgan fingerprint density at radius 2 is 1.77 bits per heavy atom. The van der Waals surface area contributed by atoms with Crippen molar-refractivity contribution in [2.45, 2.75) is 13.1 Å². The normalized spacial score (nSPS) is 11.5. The largest absolute Gasteiger partial charge is 0.434 e. The van der Waals surface area contributed by atoms with E-state index in [0.717, 1.165) is 10.9 Å². The number of rotatable bonds is 4. The number of hydrogen-bond donors (Lipinski definition) is 1. The van der Waals surface area contributed by atoms with Crippen LogP contribution in [0.1, 0.15) is 12.6 Å². The summed E-state index contributed by atoms with van der Waals surface area (Å²) in [5, 5.41) is 10.3. The third-order valence-electron chi connectivity index (χ3n) is 4.16. The van der Waals surface area contributed by atoms with Gasteiger partial charge in [-0.1, -0.05) is 23.4 Å². The molecule has 7 nitrogen and oxygen atoms in total. The van der Waals surface area contributed by atoms with Gasteiger partial charge in [-0.3, -0.25) is 4.79 Å². The number of aromatic nitrogens is 4. The van der Waals surface area contributed by atoms with Crippen molar-refractivity contribution in [3.05, 3.63) is 66.5 Å². The quantitative estimate of drug-likeness (QED) is 0.530. The van der Waals surface area contributed by atoms with Gasteiger partial charge in [0.05, 0.1) is 17.4 Å². The molecule has 4 aromatic rings. The van der Waals surface area contributed by atoms with E-state index in [2.05, 4.69) is 20.6 Å². The summed E-state index contributed by atoms with van der Waals surface area (Å²) in [7, 11) is 0. The van der Waals surface area contributed by atoms with Gasteiger partial charge in [0.25, 0.3) is 5.89 Å². The van der Waals surface area contributed by atoms with Crippen LogP contribution >= 0.6 is 0 Å². The number of nitrogens with zero attached hydrogens (tertiary/aromatic N) is 4. The zero-order valence-corrected chi connectivity index (χ0v) is 15.5. The second kappa shape index (κ2) is 7.47. The summed E-state index contributed by atoms with van der Waals surface area (Å²) in [4.78, 5) is 15.2. The first kappa shape index (κ1) is 19.4. The molecule has 0 bridgehead atoms. The Bertz CT molecular complexity index is 1180. The molecule has 0 saturated carbocycles. The molecule has 10 heteroatoms. The zero-order valence-electron chi connectivity index (χ0n) is 15.5. The molecule has 0 fully saturated rings. The third kappa shape index (κ3) is 3.79. The Hall–Kier alpha value is -3.95. The summed E-state index contributed by atoms with van der Waals surface area (Å²) in [6, 6.07) is 14.5. The van der Waals surface area contributed by atoms with Crippen LogP contribution in [0.25, 0.3) is 28.5 Å². The van der Waals surface area contributed by atoms with Crippen molar-refractivity contribution in [2.75, 3.05) is 5.32 Å². The molecule has 0 spiro atoms. The summed E-state index contributed by atoms with van der Waals surface area (Å²) >= 11 is 0. The molecule has 152 valence electrons. The number of amides is 1. The Kier molecular flexibility index (Phi) is 4.82. The summed E-state index contributed by atoms with van der Waals surface area (Å²) in [6.45, 7) is 1.38. The first-order valence-corrected chi connectivity index (χ1v) is 8.75. The number of alkyl halides is 3. The van der Waals surface area contributed by atoms with Crippen LogP contribution in [0, 0.1) is 0 Å². The molecular formula is C20H14F3N5O2. The Balaban J connectivity index is 1.72. The van der Waals surface area contributed by atoms with E-state index < -0.39 is 11.9 Å². The lowest BCUT2D eigenvalue weighted by Gasteiger charge is -2.11. The molecule has 0 radical (unpaired) electrons. The lowest BCUT2D eigenvalue weighted by atomic mass is 10.2. The van der Waals surface area contributed by atoms with E-state index in [4.69, 9.17) is 4.52 Å². The van der Waals surface area contributed by atoms with Crippen molar-refractivity contribution in [1.82, 2.24) is 19.9 Å². The van der Waals surface area contributed by atoms with E-state index in [1.165, 1.54) is 19.1 Å². The minimum absolute atomic E-state index is 0.111. The minimum atomic E-state index is -4.70. The van der Waals surface area contributed by atoms with Gasteiger partial charge in [-0.2, -0.15) is 23.3 Å². The van der Waals surface area contributed by atoms with Crippen LogP contribution in [0.15, 0.2) is 65.3 Å². The highest BCUT2D eigenvalue weighted by Crippen LogP contribution is 2.38. The van der Waals surface area contributed by atoms with Gasteiger partial charge < -0.3 is 9.84 Å². The van der Waals surface area contributed by atoms with Gasteiger partial charge in [0, 0.05) is 18.2 Å². The number of hydrogen-bond acceptors (Lipinski definition) is 5. The second-order valence-corrected chi connectivity index (χ2v) is 6.33. The molecule has 0 saturated heterocycles. The molecule has 0 unspecified atom stereocenters. The zero-order chi connectivity index (χ0) is 21.3. The van der Waals surface area contributed by atoms with Gasteiger partial charge in [-0.15, -0.1) is 0 Å². The molecule has 0 aliphatic rings. The van der Waals surface area contributed by atoms with Crippen LogP contribution in [-0.2, 0) is 11.0 Å². The average molecular weight is 413 g/mol. The molecule has 0 aliphatic heterocycles. The van der Waals surface area contributed by atoms with Crippen LogP contribution in [0.4, 0.5) is 18.9 Å². The highest BCUT2D eigenvalue weighted by Gasteiger charge is 2.40. The summed E-state index contributed by atoms with van der Waals surface area (Å²) in [5.74, 6) is -0.412. The van der Waals surface area contributed by atoms with Crippen molar-refractivity contribution >= 4 is 11.6 Å². The number of carbonyl (C=O) groups is 1. The Labute approximate surface area is 168 Å². The van der Waals surface area contributed by atoms with Crippen LogP contribution < -0.4 is 5.32 Å². The molecule has 1 N–H and O–H groups in total. The molecule has 4 rings (SSSR count). The maximum atomic E-state index is 13.8. The predicted molar refractivity (Wildman–Crippen MR) is 102 cm³/mol. The van der Waals surface area contributed by atoms with Gasteiger partial charge in [0.1, 0.15) is 0 Å². The number of halogens is 3. The lowest BCUT2D eigenvalue weighted by molar-refractivity contribution is -0.142. The first-order chi connectivity index (χ1) is 14.3. The van der Waals surface area contributed by atoms with E-state index in [1.807, 2.05) is 0 Å². The third-order valence-corrected chi connectivity index (χ3v) is 4.16. The summed E-state index contributed by atoms with van der Waals surface area (Å²) in [5.41, 5.74) is 0.0100. The van der Waals surface area contributed by atoms with Crippen LogP contribution in [0.2, 0.25) is 0 Å². The fourth-order valence-corrected chi connectivity index (χ4v) is 2.90. The predicted octanol–water partition coefficient (Wildman–Crippen LogP) is 4.57. The van der Waals surface area contributed by atoms with Gasteiger partial charge in [-0.05, 0) is 36.4 Å². The SMILES string of the molecule is CC(=O)Nc1ccc(-c2noc(-c3cnn(-c4ccccc4)c3C(F)(F)F)n2)cc1. The smallest absolute Gasteiger partial charge is 0.333 e. The van der Waals surface area contributed by atoms with E-state index >= 15 is 0 Å². The maximum Gasteiger partial charge on any atom is 0.434 e. The first-order valence-electron chi connectivity index (χ1n) is 8.75. The van der Waals surface area contributed by atoms with Crippen molar-refractivity contribution in [3.8, 4) is 28.5 Å². The Morgan fingerprint density at radius 3 is 2.40 bits per heavy atom. The van der Waals surface area contributed by atoms with Crippen molar-refractivity contribution < 1.29 is 22.5 Å². The number of para-hydroxylation sites is 1. The highest BCUT2D eigenvalue weighted by molar-refractivity contribution is 5.88. The molecule has 0 atom stereocenters. The number of benzene rings is 2. The fourth-order valence-electron chi connectivity index (χ4n) is 2.90. The Morgan fingerprint density at radius 1 is 1.07 bits per heavy atom. The topological polar surface area (TPSA) is 85.8 Å². The van der Waals surface area contributed by atoms with Crippen LogP contribution in [0.3, 0.4) is 0 Å². The van der Waals surface area contributed by atoms with Crippen molar-refractivity contribution in [2.24, 2.45) is 0 Å². The summed E-state index contributed by atoms with van der Waals surface area (Å²) < 4.78 is 47.3. The summed E-state index contributed by atoms with van der Waals surface area (Å²) in [6.07, 6.45) is -3.65. The molecular weight excluding hydrogens is 399 g/mol. The maximum absolute atomic E-state index is 13.8. The number of carbonyl (C=O) groups excluding carboxylic acids is 1. The molecule has 2 aromatic carbocycles. The van der Waals surface area contributed by atoms with E-state index in [-0.39, 0.29) is 28.9 Å². The molecule has 2 heterocycles. The molecule has 1 amide bonds. The van der Waals surface area contributed by atoms with Gasteiger partial charge in [0.15, 0.2) is 5.69 Å². The average Bonchev–Trinajstić information content (AvgIpc) is 3.36.